The SMILES string of the molecule is CC[C@@H](C)n1cc(/C=C(/C#N)C(=O)NC(N)=O)c2ccccc21. The lowest BCUT2D eigenvalue weighted by Crippen LogP contribution is -2.35. The fourth-order valence-electron chi connectivity index (χ4n) is 2.39. The van der Waals surface area contributed by atoms with Gasteiger partial charge in [0.25, 0.3) is 5.91 Å². The highest BCUT2D eigenvalue weighted by molar-refractivity contribution is 6.09. The zero-order valence-corrected chi connectivity index (χ0v) is 13.0. The Morgan fingerprint density at radius 3 is 2.74 bits per heavy atom. The van der Waals surface area contributed by atoms with Crippen LogP contribution in [-0.2, 0) is 4.79 Å². The molecule has 1 heterocycles. The molecule has 3 N–H and O–H groups in total. The Bertz CT molecular complexity index is 827. The van der Waals surface area contributed by atoms with Gasteiger partial charge in [-0.25, -0.2) is 4.79 Å². The van der Waals surface area contributed by atoms with Crippen LogP contribution in [0.1, 0.15) is 31.9 Å². The van der Waals surface area contributed by atoms with Crippen molar-refractivity contribution in [1.29, 1.82) is 5.26 Å². The summed E-state index contributed by atoms with van der Waals surface area (Å²) in [6.07, 6.45) is 4.34. The van der Waals surface area contributed by atoms with Crippen molar-refractivity contribution in [3.8, 4) is 6.07 Å². The number of rotatable bonds is 4. The second-order valence-electron chi connectivity index (χ2n) is 5.25. The maximum absolute atomic E-state index is 11.8. The first-order valence-corrected chi connectivity index (χ1v) is 7.30. The standard InChI is InChI=1S/C17H18N4O2/c1-3-11(2)21-10-13(14-6-4-5-7-15(14)21)8-12(9-18)16(22)20-17(19)23/h4-8,10-11H,3H2,1-2H3,(H3,19,20,22,23)/b12-8-/t11-/m1/s1. The number of nitrogens with two attached hydrogens (primary N) is 1. The Labute approximate surface area is 134 Å². The molecular formula is C17H18N4O2. The molecule has 1 atom stereocenters. The predicted octanol–water partition coefficient (Wildman–Crippen LogP) is 2.71. The number of benzene rings is 1. The van der Waals surface area contributed by atoms with E-state index in [1.165, 1.54) is 6.08 Å². The highest BCUT2D eigenvalue weighted by Crippen LogP contribution is 2.27. The van der Waals surface area contributed by atoms with E-state index >= 15 is 0 Å². The minimum atomic E-state index is -0.988. The monoisotopic (exact) mass is 310 g/mol. The first-order valence-electron chi connectivity index (χ1n) is 7.30. The number of hydrogen-bond donors (Lipinski definition) is 2. The highest BCUT2D eigenvalue weighted by atomic mass is 16.2. The van der Waals surface area contributed by atoms with Gasteiger partial charge in [-0.2, -0.15) is 5.26 Å². The van der Waals surface area contributed by atoms with Gasteiger partial charge in [-0.15, -0.1) is 0 Å². The topological polar surface area (TPSA) is 101 Å². The summed E-state index contributed by atoms with van der Waals surface area (Å²) in [4.78, 5) is 22.6. The lowest BCUT2D eigenvalue weighted by atomic mass is 10.1. The molecule has 0 aliphatic carbocycles. The number of fused-ring (bicyclic) bond motifs is 1. The third-order valence-electron chi connectivity index (χ3n) is 3.74. The number of nitrogens with zero attached hydrogens (tertiary/aromatic N) is 2. The first-order chi connectivity index (χ1) is 11.0. The summed E-state index contributed by atoms with van der Waals surface area (Å²) in [5.74, 6) is -0.805. The second kappa shape index (κ2) is 6.79. The van der Waals surface area contributed by atoms with Crippen molar-refractivity contribution < 1.29 is 9.59 Å². The van der Waals surface area contributed by atoms with Crippen molar-refractivity contribution in [3.63, 3.8) is 0 Å². The van der Waals surface area contributed by atoms with Crippen molar-refractivity contribution in [2.45, 2.75) is 26.3 Å². The van der Waals surface area contributed by atoms with Crippen LogP contribution >= 0.6 is 0 Å². The summed E-state index contributed by atoms with van der Waals surface area (Å²) in [7, 11) is 0. The van der Waals surface area contributed by atoms with Crippen LogP contribution in [0.15, 0.2) is 36.0 Å². The molecule has 0 fully saturated rings. The van der Waals surface area contributed by atoms with Crippen LogP contribution in [0.2, 0.25) is 0 Å². The molecule has 2 rings (SSSR count). The van der Waals surface area contributed by atoms with E-state index in [4.69, 9.17) is 11.0 Å². The molecular weight excluding hydrogens is 292 g/mol. The molecule has 2 aromatic rings. The van der Waals surface area contributed by atoms with Crippen LogP contribution in [0.5, 0.6) is 0 Å². The third kappa shape index (κ3) is 3.40. The fraction of sp³-hybridized carbons (Fsp3) is 0.235. The summed E-state index contributed by atoms with van der Waals surface area (Å²) in [6, 6.07) is 8.87. The van der Waals surface area contributed by atoms with Crippen molar-refractivity contribution in [3.05, 3.63) is 41.6 Å². The molecule has 0 saturated carbocycles. The van der Waals surface area contributed by atoms with Crippen LogP contribution in [0.3, 0.4) is 0 Å². The average Bonchev–Trinajstić information content (AvgIpc) is 2.90. The molecule has 1 aromatic carbocycles. The number of carbonyl (C=O) groups excluding carboxylic acids is 2. The van der Waals surface area contributed by atoms with E-state index in [-0.39, 0.29) is 11.6 Å². The molecule has 0 radical (unpaired) electrons. The Morgan fingerprint density at radius 2 is 2.13 bits per heavy atom. The normalized spacial score (nSPS) is 12.7. The van der Waals surface area contributed by atoms with E-state index in [1.54, 1.807) is 6.07 Å². The number of amides is 3. The fourth-order valence-corrected chi connectivity index (χ4v) is 2.39. The number of imide groups is 1. The van der Waals surface area contributed by atoms with Gasteiger partial charge in [0.2, 0.25) is 0 Å². The predicted molar refractivity (Wildman–Crippen MR) is 88.3 cm³/mol. The smallest absolute Gasteiger partial charge is 0.319 e. The van der Waals surface area contributed by atoms with Gasteiger partial charge in [-0.1, -0.05) is 25.1 Å². The first kappa shape index (κ1) is 16.3. The maximum atomic E-state index is 11.8. The lowest BCUT2D eigenvalue weighted by molar-refractivity contribution is -0.115. The van der Waals surface area contributed by atoms with Crippen molar-refractivity contribution >= 4 is 28.9 Å². The molecule has 0 spiro atoms. The van der Waals surface area contributed by atoms with E-state index in [1.807, 2.05) is 35.8 Å². The number of carbonyl (C=O) groups is 2. The van der Waals surface area contributed by atoms with Gasteiger partial charge >= 0.3 is 6.03 Å². The number of hydrogen-bond acceptors (Lipinski definition) is 3. The van der Waals surface area contributed by atoms with Crippen LogP contribution < -0.4 is 11.1 Å². The molecule has 0 unspecified atom stereocenters. The highest BCUT2D eigenvalue weighted by Gasteiger charge is 2.14. The Morgan fingerprint density at radius 1 is 1.43 bits per heavy atom. The zero-order valence-electron chi connectivity index (χ0n) is 13.0. The van der Waals surface area contributed by atoms with Gasteiger partial charge in [-0.3, -0.25) is 10.1 Å². The Kier molecular flexibility index (Phi) is 4.82. The molecule has 118 valence electrons. The molecule has 23 heavy (non-hydrogen) atoms. The van der Waals surface area contributed by atoms with E-state index in [0.717, 1.165) is 22.9 Å². The van der Waals surface area contributed by atoms with Crippen LogP contribution in [0.25, 0.3) is 17.0 Å². The molecule has 0 aliphatic rings. The van der Waals surface area contributed by atoms with Crippen LogP contribution in [0, 0.1) is 11.3 Å². The minimum Gasteiger partial charge on any atom is -0.351 e. The van der Waals surface area contributed by atoms with Crippen LogP contribution in [-0.4, -0.2) is 16.5 Å². The summed E-state index contributed by atoms with van der Waals surface area (Å²) >= 11 is 0. The largest absolute Gasteiger partial charge is 0.351 e. The number of nitriles is 1. The van der Waals surface area contributed by atoms with Crippen LogP contribution in [0.4, 0.5) is 4.79 Å². The Balaban J connectivity index is 2.55. The van der Waals surface area contributed by atoms with Gasteiger partial charge < -0.3 is 10.3 Å². The molecule has 6 nitrogen and oxygen atoms in total. The second-order valence-corrected chi connectivity index (χ2v) is 5.25. The number of aromatic nitrogens is 1. The van der Waals surface area contributed by atoms with E-state index < -0.39 is 11.9 Å². The van der Waals surface area contributed by atoms with Gasteiger partial charge in [0.05, 0.1) is 0 Å². The summed E-state index contributed by atoms with van der Waals surface area (Å²) in [5.41, 5.74) is 6.53. The molecule has 1 aromatic heterocycles. The molecule has 0 bridgehead atoms. The van der Waals surface area contributed by atoms with Gasteiger partial charge in [0.15, 0.2) is 0 Å². The number of para-hydroxylation sites is 1. The molecule has 3 amide bonds. The van der Waals surface area contributed by atoms with Crippen molar-refractivity contribution in [2.24, 2.45) is 5.73 Å². The van der Waals surface area contributed by atoms with Gasteiger partial charge in [0, 0.05) is 28.7 Å². The molecule has 0 aliphatic heterocycles. The summed E-state index contributed by atoms with van der Waals surface area (Å²) < 4.78 is 2.11. The van der Waals surface area contributed by atoms with Crippen molar-refractivity contribution in [2.75, 3.05) is 0 Å². The van der Waals surface area contributed by atoms with E-state index in [0.29, 0.717) is 0 Å². The lowest BCUT2D eigenvalue weighted by Gasteiger charge is -2.12. The zero-order chi connectivity index (χ0) is 17.0. The van der Waals surface area contributed by atoms with Gasteiger partial charge in [-0.05, 0) is 25.5 Å². The average molecular weight is 310 g/mol. The number of primary amides is 1. The minimum absolute atomic E-state index is 0.171. The third-order valence-corrected chi connectivity index (χ3v) is 3.74. The Hall–Kier alpha value is -3.07. The molecule has 0 saturated heterocycles. The van der Waals surface area contributed by atoms with E-state index in [9.17, 15) is 9.59 Å². The number of nitrogens with one attached hydrogen (secondary N) is 1. The van der Waals surface area contributed by atoms with Crippen molar-refractivity contribution in [1.82, 2.24) is 9.88 Å². The van der Waals surface area contributed by atoms with E-state index in [2.05, 4.69) is 18.4 Å². The summed E-state index contributed by atoms with van der Waals surface area (Å²) in [6.45, 7) is 4.20. The summed E-state index contributed by atoms with van der Waals surface area (Å²) in [5, 5.41) is 12.0. The molecule has 6 heteroatoms. The van der Waals surface area contributed by atoms with Gasteiger partial charge in [0.1, 0.15) is 11.6 Å². The number of urea groups is 1. The quantitative estimate of drug-likeness (QED) is 0.670. The maximum Gasteiger partial charge on any atom is 0.319 e.